The number of hydrogen-bond acceptors (Lipinski definition) is 3. The van der Waals surface area contributed by atoms with E-state index in [-0.39, 0.29) is 16.8 Å². The molecule has 2 rings (SSSR count). The molecule has 0 saturated carbocycles. The van der Waals surface area contributed by atoms with E-state index < -0.39 is 0 Å². The average molecular weight is 350 g/mol. The van der Waals surface area contributed by atoms with E-state index >= 15 is 0 Å². The molecule has 2 aromatic rings. The third-order valence-electron chi connectivity index (χ3n) is 3.82. The molecule has 3 nitrogen and oxygen atoms in total. The summed E-state index contributed by atoms with van der Waals surface area (Å²) in [6, 6.07) is 7.62. The van der Waals surface area contributed by atoms with Crippen molar-refractivity contribution in [2.45, 2.75) is 38.7 Å². The molecule has 0 aliphatic carbocycles. The summed E-state index contributed by atoms with van der Waals surface area (Å²) in [5.74, 6) is 0.747. The molecule has 1 aromatic carbocycles. The average Bonchev–Trinajstić information content (AvgIpc) is 2.80. The minimum atomic E-state index is -0.192. The summed E-state index contributed by atoms with van der Waals surface area (Å²) in [7, 11) is 0. The van der Waals surface area contributed by atoms with Gasteiger partial charge in [-0.3, -0.25) is 9.59 Å². The molecule has 0 fully saturated rings. The fourth-order valence-electron chi connectivity index (χ4n) is 2.61. The molecule has 5 heteroatoms. The molecule has 1 heterocycles. The highest BCUT2D eigenvalue weighted by atomic mass is 35.5. The van der Waals surface area contributed by atoms with Crippen LogP contribution >= 0.6 is 23.4 Å². The summed E-state index contributed by atoms with van der Waals surface area (Å²) in [5.41, 5.74) is 3.81. The first-order valence-electron chi connectivity index (χ1n) is 7.41. The zero-order valence-corrected chi connectivity index (χ0v) is 15.3. The van der Waals surface area contributed by atoms with Gasteiger partial charge in [-0.25, -0.2) is 0 Å². The normalized spacial score (nSPS) is 12.2. The number of benzene rings is 1. The van der Waals surface area contributed by atoms with Crippen molar-refractivity contribution in [1.82, 2.24) is 4.98 Å². The lowest BCUT2D eigenvalue weighted by Gasteiger charge is -2.10. The number of aromatic nitrogens is 1. The van der Waals surface area contributed by atoms with Gasteiger partial charge in [0.1, 0.15) is 0 Å². The molecule has 0 amide bonds. The van der Waals surface area contributed by atoms with Crippen molar-refractivity contribution in [2.75, 3.05) is 0 Å². The van der Waals surface area contributed by atoms with Gasteiger partial charge in [-0.05, 0) is 51.0 Å². The van der Waals surface area contributed by atoms with Gasteiger partial charge in [0.15, 0.2) is 11.6 Å². The van der Waals surface area contributed by atoms with Crippen LogP contribution in [0.15, 0.2) is 24.3 Å². The van der Waals surface area contributed by atoms with Crippen LogP contribution in [-0.2, 0) is 5.75 Å². The van der Waals surface area contributed by atoms with E-state index in [4.69, 9.17) is 11.6 Å². The summed E-state index contributed by atoms with van der Waals surface area (Å²) >= 11 is 7.45. The van der Waals surface area contributed by atoms with E-state index in [1.54, 1.807) is 11.8 Å². The quantitative estimate of drug-likeness (QED) is 0.747. The zero-order valence-electron chi connectivity index (χ0n) is 13.7. The van der Waals surface area contributed by atoms with Crippen molar-refractivity contribution in [3.63, 3.8) is 0 Å². The number of rotatable bonds is 6. The van der Waals surface area contributed by atoms with Gasteiger partial charge < -0.3 is 4.98 Å². The Labute approximate surface area is 145 Å². The molecule has 0 spiro atoms. The van der Waals surface area contributed by atoms with Gasteiger partial charge in [0.25, 0.3) is 0 Å². The maximum Gasteiger partial charge on any atom is 0.191 e. The number of H-pyrrole nitrogens is 1. The molecule has 1 atom stereocenters. The van der Waals surface area contributed by atoms with Crippen LogP contribution in [0.5, 0.6) is 0 Å². The molecule has 0 saturated heterocycles. The number of nitrogens with one attached hydrogen (secondary N) is 1. The lowest BCUT2D eigenvalue weighted by molar-refractivity contribution is 0.0988. The topological polar surface area (TPSA) is 49.9 Å². The number of aromatic amines is 1. The molecule has 0 bridgehead atoms. The zero-order chi connectivity index (χ0) is 17.1. The van der Waals surface area contributed by atoms with Crippen LogP contribution in [0.3, 0.4) is 0 Å². The van der Waals surface area contributed by atoms with Gasteiger partial charge in [0, 0.05) is 22.0 Å². The number of thioether (sulfide) groups is 1. The SMILES string of the molecule is CC(=O)c1c(C)[nH]c(C(=O)[C@H](C)SCc2ccc(Cl)cc2)c1C. The van der Waals surface area contributed by atoms with E-state index in [1.807, 2.05) is 45.0 Å². The Kier molecular flexibility index (Phi) is 5.71. The van der Waals surface area contributed by atoms with Crippen LogP contribution in [0.2, 0.25) is 5.02 Å². The van der Waals surface area contributed by atoms with Crippen LogP contribution in [0.25, 0.3) is 0 Å². The van der Waals surface area contributed by atoms with Crippen LogP contribution in [0, 0.1) is 13.8 Å². The van der Waals surface area contributed by atoms with Gasteiger partial charge in [0.05, 0.1) is 10.9 Å². The second kappa shape index (κ2) is 7.37. The maximum absolute atomic E-state index is 12.6. The highest BCUT2D eigenvalue weighted by Gasteiger charge is 2.23. The third-order valence-corrected chi connectivity index (χ3v) is 5.28. The Morgan fingerprint density at radius 1 is 1.22 bits per heavy atom. The lowest BCUT2D eigenvalue weighted by atomic mass is 10.0. The van der Waals surface area contributed by atoms with E-state index in [0.29, 0.717) is 16.3 Å². The first-order valence-corrected chi connectivity index (χ1v) is 8.84. The van der Waals surface area contributed by atoms with E-state index in [0.717, 1.165) is 22.6 Å². The Morgan fingerprint density at radius 3 is 2.35 bits per heavy atom. The fraction of sp³-hybridized carbons (Fsp3) is 0.333. The molecule has 23 heavy (non-hydrogen) atoms. The number of carbonyl (C=O) groups excluding carboxylic acids is 2. The summed E-state index contributed by atoms with van der Waals surface area (Å²) in [4.78, 5) is 27.4. The Balaban J connectivity index is 2.09. The van der Waals surface area contributed by atoms with Gasteiger partial charge in [0.2, 0.25) is 0 Å². The third kappa shape index (κ3) is 4.06. The highest BCUT2D eigenvalue weighted by molar-refractivity contribution is 7.99. The fourth-order valence-corrected chi connectivity index (χ4v) is 3.64. The largest absolute Gasteiger partial charge is 0.355 e. The second-order valence-electron chi connectivity index (χ2n) is 5.63. The van der Waals surface area contributed by atoms with Crippen LogP contribution in [0.1, 0.15) is 51.5 Å². The van der Waals surface area contributed by atoms with Gasteiger partial charge in [-0.1, -0.05) is 23.7 Å². The van der Waals surface area contributed by atoms with E-state index in [9.17, 15) is 9.59 Å². The Morgan fingerprint density at radius 2 is 1.83 bits per heavy atom. The number of carbonyl (C=O) groups is 2. The number of halogens is 1. The summed E-state index contributed by atoms with van der Waals surface area (Å²) in [5, 5.41) is 0.513. The highest BCUT2D eigenvalue weighted by Crippen LogP contribution is 2.25. The Bertz CT molecular complexity index is 734. The summed E-state index contributed by atoms with van der Waals surface area (Å²) < 4.78 is 0. The first kappa shape index (κ1) is 17.8. The smallest absolute Gasteiger partial charge is 0.191 e. The van der Waals surface area contributed by atoms with E-state index in [1.165, 1.54) is 6.92 Å². The minimum Gasteiger partial charge on any atom is -0.355 e. The number of ketones is 2. The van der Waals surface area contributed by atoms with Crippen molar-refractivity contribution in [2.24, 2.45) is 0 Å². The van der Waals surface area contributed by atoms with Crippen molar-refractivity contribution >= 4 is 34.9 Å². The molecule has 1 aromatic heterocycles. The van der Waals surface area contributed by atoms with Crippen LogP contribution in [-0.4, -0.2) is 21.8 Å². The predicted octanol–water partition coefficient (Wildman–Crippen LogP) is 4.99. The van der Waals surface area contributed by atoms with Crippen molar-refractivity contribution in [3.8, 4) is 0 Å². The van der Waals surface area contributed by atoms with Crippen molar-refractivity contribution < 1.29 is 9.59 Å². The molecule has 0 aliphatic heterocycles. The molecule has 0 unspecified atom stereocenters. The van der Waals surface area contributed by atoms with Gasteiger partial charge in [-0.15, -0.1) is 11.8 Å². The van der Waals surface area contributed by atoms with Gasteiger partial charge in [-0.2, -0.15) is 0 Å². The summed E-state index contributed by atoms with van der Waals surface area (Å²) in [6.45, 7) is 7.07. The second-order valence-corrected chi connectivity index (χ2v) is 7.39. The first-order chi connectivity index (χ1) is 10.8. The minimum absolute atomic E-state index is 0.0169. The molecular formula is C18H20ClNO2S. The number of hydrogen-bond donors (Lipinski definition) is 1. The van der Waals surface area contributed by atoms with Crippen molar-refractivity contribution in [3.05, 3.63) is 57.4 Å². The summed E-state index contributed by atoms with van der Waals surface area (Å²) in [6.07, 6.45) is 0. The number of Topliss-reactive ketones (excluding diaryl/α,β-unsaturated/α-hetero) is 2. The predicted molar refractivity (Wildman–Crippen MR) is 96.8 cm³/mol. The molecule has 0 radical (unpaired) electrons. The molecule has 1 N–H and O–H groups in total. The monoisotopic (exact) mass is 349 g/mol. The number of aryl methyl sites for hydroxylation is 1. The van der Waals surface area contributed by atoms with Crippen LogP contribution in [0.4, 0.5) is 0 Å². The maximum atomic E-state index is 12.6. The lowest BCUT2D eigenvalue weighted by Crippen LogP contribution is -2.15. The van der Waals surface area contributed by atoms with E-state index in [2.05, 4.69) is 4.98 Å². The molecule has 122 valence electrons. The van der Waals surface area contributed by atoms with Gasteiger partial charge >= 0.3 is 0 Å². The molecule has 0 aliphatic rings. The Hall–Kier alpha value is -1.52. The standard InChI is InChI=1S/C18H20ClNO2S/c1-10-16(12(3)21)11(2)20-17(10)18(22)13(4)23-9-14-5-7-15(19)8-6-14/h5-8,13,20H,9H2,1-4H3/t13-/m0/s1. The van der Waals surface area contributed by atoms with Crippen LogP contribution < -0.4 is 0 Å². The molecular weight excluding hydrogens is 330 g/mol. The van der Waals surface area contributed by atoms with Crippen molar-refractivity contribution in [1.29, 1.82) is 0 Å².